The van der Waals surface area contributed by atoms with Crippen LogP contribution in [0.3, 0.4) is 0 Å². The van der Waals surface area contributed by atoms with E-state index in [-0.39, 0.29) is 37.5 Å². The zero-order chi connectivity index (χ0) is 12.6. The van der Waals surface area contributed by atoms with Crippen molar-refractivity contribution < 1.29 is 48.9 Å². The first-order valence-corrected chi connectivity index (χ1v) is 6.84. The molecule has 1 fully saturated rings. The smallest absolute Gasteiger partial charge is 1.00 e. The summed E-state index contributed by atoms with van der Waals surface area (Å²) in [4.78, 5) is 11.1. The van der Waals surface area contributed by atoms with Gasteiger partial charge in [-0.1, -0.05) is 15.9 Å². The second-order valence-corrected chi connectivity index (χ2v) is 5.86. The Balaban J connectivity index is 0.00000162. The Morgan fingerprint density at radius 2 is 2.17 bits per heavy atom. The van der Waals surface area contributed by atoms with Crippen LogP contribution in [-0.4, -0.2) is 28.0 Å². The number of benzene rings is 1. The Kier molecular flexibility index (Phi) is 5.07. The van der Waals surface area contributed by atoms with E-state index in [1.54, 1.807) is 18.2 Å². The molecule has 0 bridgehead atoms. The third kappa shape index (κ3) is 3.00. The third-order valence-corrected chi connectivity index (χ3v) is 4.11. The van der Waals surface area contributed by atoms with Crippen LogP contribution < -0.4 is 43.3 Å². The van der Waals surface area contributed by atoms with Crippen LogP contribution in [0, 0.1) is 0 Å². The van der Waals surface area contributed by atoms with Crippen molar-refractivity contribution in [3.8, 4) is 5.75 Å². The maximum atomic E-state index is 11.7. The van der Waals surface area contributed by atoms with Gasteiger partial charge in [-0.15, -0.1) is 0 Å². The molecule has 1 aliphatic rings. The summed E-state index contributed by atoms with van der Waals surface area (Å²) in [5, 5.41) is 0. The molecule has 9 heteroatoms. The molecule has 1 aliphatic heterocycles. The summed E-state index contributed by atoms with van der Waals surface area (Å²) < 4.78 is 32.0. The van der Waals surface area contributed by atoms with Gasteiger partial charge >= 0.3 is 39.8 Å². The summed E-state index contributed by atoms with van der Waals surface area (Å²) in [5.41, 5.74) is 0.320. The molecule has 0 atom stereocenters. The van der Waals surface area contributed by atoms with Gasteiger partial charge in [-0.3, -0.25) is 4.79 Å². The van der Waals surface area contributed by atoms with Crippen molar-refractivity contribution in [2.24, 2.45) is 0 Å². The molecule has 18 heavy (non-hydrogen) atoms. The van der Waals surface area contributed by atoms with Crippen LogP contribution in [0.15, 0.2) is 22.7 Å². The van der Waals surface area contributed by atoms with Gasteiger partial charge in [-0.25, -0.2) is 9.03 Å². The first-order valence-electron chi connectivity index (χ1n) is 4.61. The summed E-state index contributed by atoms with van der Waals surface area (Å²) in [6, 6.07) is 4.93. The van der Waals surface area contributed by atoms with Gasteiger partial charge in [0.05, 0.1) is 12.8 Å². The second-order valence-electron chi connectivity index (χ2n) is 3.35. The molecule has 1 N–H and O–H groups in total. The van der Waals surface area contributed by atoms with E-state index in [2.05, 4.69) is 15.9 Å². The zero-order valence-electron chi connectivity index (χ0n) is 10.8. The Morgan fingerprint density at radius 1 is 1.50 bits per heavy atom. The number of carbonyl (C=O) groups is 1. The van der Waals surface area contributed by atoms with Gasteiger partial charge in [-0.05, 0) is 18.2 Å². The molecule has 0 unspecified atom stereocenters. The molecule has 0 aliphatic carbocycles. The number of ether oxygens (including phenoxy) is 1. The monoisotopic (exact) mass is 344 g/mol. The number of halogens is 1. The molecular formula is C9H10BrN2NaO4S. The third-order valence-electron chi connectivity index (χ3n) is 2.23. The van der Waals surface area contributed by atoms with Crippen LogP contribution in [0.1, 0.15) is 1.43 Å². The van der Waals surface area contributed by atoms with Gasteiger partial charge in [-0.2, -0.15) is 8.42 Å². The topological polar surface area (TPSA) is 75.7 Å². The molecular weight excluding hydrogens is 335 g/mol. The first kappa shape index (κ1) is 15.8. The maximum absolute atomic E-state index is 11.7. The van der Waals surface area contributed by atoms with Crippen molar-refractivity contribution in [1.29, 1.82) is 0 Å². The van der Waals surface area contributed by atoms with E-state index in [1.165, 1.54) is 7.11 Å². The second kappa shape index (κ2) is 5.79. The number of nitrogens with zero attached hydrogens (tertiary/aromatic N) is 1. The molecule has 6 nitrogen and oxygen atoms in total. The van der Waals surface area contributed by atoms with Crippen molar-refractivity contribution in [1.82, 2.24) is 4.72 Å². The Bertz CT molecular complexity index is 584. The molecule has 0 spiro atoms. The van der Waals surface area contributed by atoms with Crippen LogP contribution in [0.4, 0.5) is 5.69 Å². The number of carbonyl (C=O) groups excluding carboxylic acids is 1. The summed E-state index contributed by atoms with van der Waals surface area (Å²) in [6.45, 7) is -0.241. The van der Waals surface area contributed by atoms with Crippen LogP contribution in [0.2, 0.25) is 0 Å². The SMILES string of the molecule is COc1ccc(Br)cc1N1CC(=O)NS1(=O)=O.[H-].[Na+]. The average Bonchev–Trinajstić information content (AvgIpc) is 2.51. The van der Waals surface area contributed by atoms with Crippen LogP contribution in [0.25, 0.3) is 0 Å². The van der Waals surface area contributed by atoms with Crippen molar-refractivity contribution in [3.05, 3.63) is 22.7 Å². The normalized spacial score (nSPS) is 17.0. The number of hydrogen-bond acceptors (Lipinski definition) is 4. The Labute approximate surface area is 137 Å². The molecule has 1 amide bonds. The minimum absolute atomic E-state index is 0. The van der Waals surface area contributed by atoms with Gasteiger partial charge in [0.2, 0.25) is 0 Å². The zero-order valence-corrected chi connectivity index (χ0v) is 14.2. The first-order chi connectivity index (χ1) is 7.94. The predicted molar refractivity (Wildman–Crippen MR) is 66.2 cm³/mol. The van der Waals surface area contributed by atoms with Crippen LogP contribution in [-0.2, 0) is 15.0 Å². The van der Waals surface area contributed by atoms with Crippen molar-refractivity contribution >= 4 is 37.7 Å². The van der Waals surface area contributed by atoms with E-state index in [1.807, 2.05) is 4.72 Å². The average molecular weight is 345 g/mol. The summed E-state index contributed by atoms with van der Waals surface area (Å²) in [5.74, 6) is -0.180. The molecule has 0 aromatic heterocycles. The molecule has 0 saturated carbocycles. The molecule has 1 aromatic carbocycles. The molecule has 1 aromatic rings. The predicted octanol–water partition coefficient (Wildman–Crippen LogP) is -2.24. The van der Waals surface area contributed by atoms with E-state index in [9.17, 15) is 13.2 Å². The van der Waals surface area contributed by atoms with Crippen molar-refractivity contribution in [2.45, 2.75) is 0 Å². The van der Waals surface area contributed by atoms with E-state index < -0.39 is 16.1 Å². The number of hydrogen-bond donors (Lipinski definition) is 1. The van der Waals surface area contributed by atoms with E-state index in [0.29, 0.717) is 15.9 Å². The molecule has 2 rings (SSSR count). The van der Waals surface area contributed by atoms with Crippen LogP contribution in [0.5, 0.6) is 5.75 Å². The number of rotatable bonds is 2. The number of amides is 1. The Hall–Kier alpha value is -0.280. The number of methoxy groups -OCH3 is 1. The number of anilines is 1. The van der Waals surface area contributed by atoms with Gasteiger partial charge in [0.25, 0.3) is 5.91 Å². The fourth-order valence-electron chi connectivity index (χ4n) is 1.52. The summed E-state index contributed by atoms with van der Waals surface area (Å²) in [6.07, 6.45) is 0. The van der Waals surface area contributed by atoms with Crippen molar-refractivity contribution in [3.63, 3.8) is 0 Å². The standard InChI is InChI=1S/C9H9BrN2O4S.Na.H/c1-16-8-3-2-6(10)4-7(8)12-5-9(13)11-17(12,14)15;;/h2-4H,5H2,1H3,(H,11,13);;/q;+1;-1. The maximum Gasteiger partial charge on any atom is 1.00 e. The molecule has 94 valence electrons. The number of nitrogens with one attached hydrogen (secondary N) is 1. The molecule has 0 radical (unpaired) electrons. The van der Waals surface area contributed by atoms with E-state index >= 15 is 0 Å². The summed E-state index contributed by atoms with van der Waals surface area (Å²) in [7, 11) is -2.37. The van der Waals surface area contributed by atoms with Gasteiger partial charge < -0.3 is 6.16 Å². The Morgan fingerprint density at radius 3 is 2.67 bits per heavy atom. The molecule has 1 heterocycles. The fraction of sp³-hybridized carbons (Fsp3) is 0.222. The summed E-state index contributed by atoms with van der Waals surface area (Å²) >= 11 is 3.24. The van der Waals surface area contributed by atoms with Crippen molar-refractivity contribution in [2.75, 3.05) is 18.0 Å². The minimum Gasteiger partial charge on any atom is -1.00 e. The largest absolute Gasteiger partial charge is 1.00 e. The molecule has 1 saturated heterocycles. The van der Waals surface area contributed by atoms with E-state index in [0.717, 1.165) is 4.31 Å². The van der Waals surface area contributed by atoms with E-state index in [4.69, 9.17) is 4.74 Å². The van der Waals surface area contributed by atoms with Gasteiger partial charge in [0, 0.05) is 4.47 Å². The quantitative estimate of drug-likeness (QED) is 0.615. The van der Waals surface area contributed by atoms with Gasteiger partial charge in [0.1, 0.15) is 12.3 Å². The fourth-order valence-corrected chi connectivity index (χ4v) is 3.02. The van der Waals surface area contributed by atoms with Gasteiger partial charge in [0.15, 0.2) is 0 Å². The van der Waals surface area contributed by atoms with Crippen LogP contribution >= 0.6 is 15.9 Å². The minimum atomic E-state index is -3.81.